The fourth-order valence-electron chi connectivity index (χ4n) is 2.61. The van der Waals surface area contributed by atoms with Crippen LogP contribution in [0.25, 0.3) is 17.8 Å². The van der Waals surface area contributed by atoms with Crippen molar-refractivity contribution >= 4 is 17.8 Å². The molecule has 0 bridgehead atoms. The van der Waals surface area contributed by atoms with Gasteiger partial charge in [-0.25, -0.2) is 0 Å². The Hall–Kier alpha value is -2.35. The Bertz CT molecular complexity index is 683. The molecule has 0 saturated heterocycles. The number of hydrogen-bond donors (Lipinski definition) is 0. The molecule has 1 aromatic heterocycles. The predicted molar refractivity (Wildman–Crippen MR) is 73.1 cm³/mol. The molecular weight excluding hydrogens is 220 g/mol. The van der Waals surface area contributed by atoms with Crippen LogP contribution in [0.2, 0.25) is 0 Å². The summed E-state index contributed by atoms with van der Waals surface area (Å²) in [4.78, 5) is 6.74. The highest BCUT2D eigenvalue weighted by Crippen LogP contribution is 2.35. The molecule has 2 heteroatoms. The Morgan fingerprint density at radius 2 is 2.00 bits per heavy atom. The Labute approximate surface area is 106 Å². The summed E-state index contributed by atoms with van der Waals surface area (Å²) in [6.45, 7) is 0.903. The molecule has 2 aliphatic rings. The van der Waals surface area contributed by atoms with Gasteiger partial charge in [0.2, 0.25) is 0 Å². The normalized spacial score (nSPS) is 15.6. The SMILES string of the molecule is C1=CN2Cc3cccnc3C=C2c2ccccc21. The van der Waals surface area contributed by atoms with Gasteiger partial charge >= 0.3 is 0 Å². The molecule has 0 aliphatic carbocycles. The van der Waals surface area contributed by atoms with Gasteiger partial charge in [0.05, 0.1) is 11.4 Å². The molecule has 2 nitrogen and oxygen atoms in total. The maximum Gasteiger partial charge on any atom is 0.0700 e. The van der Waals surface area contributed by atoms with Gasteiger partial charge < -0.3 is 4.90 Å². The number of pyridine rings is 1. The van der Waals surface area contributed by atoms with Gasteiger partial charge in [0.1, 0.15) is 0 Å². The van der Waals surface area contributed by atoms with E-state index in [1.807, 2.05) is 12.3 Å². The third-order valence-electron chi connectivity index (χ3n) is 3.52. The zero-order chi connectivity index (χ0) is 11.9. The topological polar surface area (TPSA) is 16.1 Å². The molecule has 0 radical (unpaired) electrons. The van der Waals surface area contributed by atoms with E-state index in [0.29, 0.717) is 0 Å². The van der Waals surface area contributed by atoms with Crippen molar-refractivity contribution < 1.29 is 0 Å². The lowest BCUT2D eigenvalue weighted by Gasteiger charge is -2.32. The highest BCUT2D eigenvalue weighted by molar-refractivity contribution is 5.88. The summed E-state index contributed by atoms with van der Waals surface area (Å²) in [7, 11) is 0. The molecule has 18 heavy (non-hydrogen) atoms. The van der Waals surface area contributed by atoms with Crippen molar-refractivity contribution in [2.75, 3.05) is 0 Å². The maximum absolute atomic E-state index is 4.46. The summed E-state index contributed by atoms with van der Waals surface area (Å²) in [5, 5.41) is 0. The minimum atomic E-state index is 0.903. The van der Waals surface area contributed by atoms with E-state index >= 15 is 0 Å². The number of aromatic nitrogens is 1. The summed E-state index contributed by atoms with van der Waals surface area (Å²) in [5.41, 5.74) is 6.19. The number of fused-ring (bicyclic) bond motifs is 4. The van der Waals surface area contributed by atoms with Crippen molar-refractivity contribution in [3.05, 3.63) is 71.2 Å². The van der Waals surface area contributed by atoms with E-state index in [0.717, 1.165) is 12.2 Å². The van der Waals surface area contributed by atoms with Crippen LogP contribution in [-0.2, 0) is 6.54 Å². The smallest absolute Gasteiger partial charge is 0.0700 e. The van der Waals surface area contributed by atoms with Crippen LogP contribution in [0.3, 0.4) is 0 Å². The summed E-state index contributed by atoms with van der Waals surface area (Å²) in [5.74, 6) is 0. The summed E-state index contributed by atoms with van der Waals surface area (Å²) < 4.78 is 0. The van der Waals surface area contributed by atoms with Crippen LogP contribution in [0, 0.1) is 0 Å². The first-order valence-electron chi connectivity index (χ1n) is 6.12. The summed E-state index contributed by atoms with van der Waals surface area (Å²) in [6, 6.07) is 12.6. The molecule has 2 aromatic rings. The van der Waals surface area contributed by atoms with Crippen molar-refractivity contribution in [3.63, 3.8) is 0 Å². The lowest BCUT2D eigenvalue weighted by atomic mass is 9.96. The molecule has 0 spiro atoms. The van der Waals surface area contributed by atoms with Crippen LogP contribution < -0.4 is 0 Å². The summed E-state index contributed by atoms with van der Waals surface area (Å²) in [6.07, 6.45) is 8.37. The highest BCUT2D eigenvalue weighted by Gasteiger charge is 2.21. The third kappa shape index (κ3) is 1.32. The van der Waals surface area contributed by atoms with Gasteiger partial charge in [-0.05, 0) is 29.3 Å². The van der Waals surface area contributed by atoms with Crippen molar-refractivity contribution in [2.24, 2.45) is 0 Å². The molecule has 0 fully saturated rings. The first-order valence-corrected chi connectivity index (χ1v) is 6.12. The molecule has 4 rings (SSSR count). The Balaban J connectivity index is 1.95. The van der Waals surface area contributed by atoms with Gasteiger partial charge in [-0.1, -0.05) is 30.3 Å². The van der Waals surface area contributed by atoms with Crippen LogP contribution in [0.4, 0.5) is 0 Å². The van der Waals surface area contributed by atoms with E-state index in [4.69, 9.17) is 0 Å². The Kier molecular flexibility index (Phi) is 1.92. The minimum absolute atomic E-state index is 0.903. The monoisotopic (exact) mass is 232 g/mol. The molecule has 1 aromatic carbocycles. The van der Waals surface area contributed by atoms with Gasteiger partial charge in [-0.3, -0.25) is 4.98 Å². The van der Waals surface area contributed by atoms with Crippen LogP contribution in [0.1, 0.15) is 22.4 Å². The zero-order valence-corrected chi connectivity index (χ0v) is 9.88. The fourth-order valence-corrected chi connectivity index (χ4v) is 2.61. The van der Waals surface area contributed by atoms with E-state index in [2.05, 4.69) is 58.6 Å². The van der Waals surface area contributed by atoms with E-state index in [1.165, 1.54) is 22.4 Å². The van der Waals surface area contributed by atoms with Crippen LogP contribution in [0.5, 0.6) is 0 Å². The highest BCUT2D eigenvalue weighted by atomic mass is 15.1. The van der Waals surface area contributed by atoms with Gasteiger partial charge in [0.15, 0.2) is 0 Å². The zero-order valence-electron chi connectivity index (χ0n) is 9.88. The van der Waals surface area contributed by atoms with E-state index in [-0.39, 0.29) is 0 Å². The van der Waals surface area contributed by atoms with E-state index in [9.17, 15) is 0 Å². The van der Waals surface area contributed by atoms with Crippen molar-refractivity contribution in [3.8, 4) is 0 Å². The van der Waals surface area contributed by atoms with Crippen LogP contribution in [0.15, 0.2) is 48.8 Å². The predicted octanol–water partition coefficient (Wildman–Crippen LogP) is 3.38. The first kappa shape index (κ1) is 9.66. The fraction of sp³-hybridized carbons (Fsp3) is 0.0625. The number of benzene rings is 1. The number of rotatable bonds is 0. The molecule has 0 saturated carbocycles. The van der Waals surface area contributed by atoms with Crippen molar-refractivity contribution in [1.29, 1.82) is 0 Å². The Morgan fingerprint density at radius 1 is 1.06 bits per heavy atom. The average Bonchev–Trinajstić information content (AvgIpc) is 2.45. The molecule has 0 amide bonds. The summed E-state index contributed by atoms with van der Waals surface area (Å²) >= 11 is 0. The number of nitrogens with zero attached hydrogens (tertiary/aromatic N) is 2. The molecule has 0 atom stereocenters. The molecule has 0 unspecified atom stereocenters. The first-order chi connectivity index (χ1) is 8.92. The van der Waals surface area contributed by atoms with Gasteiger partial charge in [-0.15, -0.1) is 0 Å². The second kappa shape index (κ2) is 3.57. The second-order valence-corrected chi connectivity index (χ2v) is 4.61. The third-order valence-corrected chi connectivity index (χ3v) is 3.52. The largest absolute Gasteiger partial charge is 0.343 e. The molecule has 86 valence electrons. The maximum atomic E-state index is 4.46. The molecule has 2 aliphatic heterocycles. The van der Waals surface area contributed by atoms with Gasteiger partial charge in [0.25, 0.3) is 0 Å². The van der Waals surface area contributed by atoms with E-state index in [1.54, 1.807) is 0 Å². The van der Waals surface area contributed by atoms with Gasteiger partial charge in [-0.2, -0.15) is 0 Å². The molecule has 0 N–H and O–H groups in total. The quantitative estimate of drug-likeness (QED) is 0.692. The molecule has 3 heterocycles. The van der Waals surface area contributed by atoms with Crippen molar-refractivity contribution in [1.82, 2.24) is 9.88 Å². The Morgan fingerprint density at radius 3 is 3.00 bits per heavy atom. The lowest BCUT2D eigenvalue weighted by Crippen LogP contribution is -2.22. The van der Waals surface area contributed by atoms with Crippen LogP contribution in [-0.4, -0.2) is 9.88 Å². The van der Waals surface area contributed by atoms with Crippen LogP contribution >= 0.6 is 0 Å². The minimum Gasteiger partial charge on any atom is -0.343 e. The van der Waals surface area contributed by atoms with Crippen molar-refractivity contribution in [2.45, 2.75) is 6.54 Å². The second-order valence-electron chi connectivity index (χ2n) is 4.61. The lowest BCUT2D eigenvalue weighted by molar-refractivity contribution is 0.520. The molecular formula is C16H12N2. The standard InChI is InChI=1S/C16H12N2/c1-2-6-14-12(4-1)7-9-18-11-13-5-3-8-17-15(13)10-16(14)18/h1-10H,11H2. The average molecular weight is 232 g/mol. The number of hydrogen-bond acceptors (Lipinski definition) is 2. The van der Waals surface area contributed by atoms with Gasteiger partial charge in [0, 0.05) is 24.5 Å². The van der Waals surface area contributed by atoms with E-state index < -0.39 is 0 Å².